The van der Waals surface area contributed by atoms with Crippen LogP contribution >= 0.6 is 11.8 Å². The van der Waals surface area contributed by atoms with Crippen LogP contribution in [0.4, 0.5) is 0 Å². The Hall–Kier alpha value is -2.35. The second kappa shape index (κ2) is 7.48. The van der Waals surface area contributed by atoms with E-state index in [4.69, 9.17) is 9.47 Å². The summed E-state index contributed by atoms with van der Waals surface area (Å²) < 4.78 is 9.43. The van der Waals surface area contributed by atoms with Gasteiger partial charge in [0.25, 0.3) is 11.8 Å². The summed E-state index contributed by atoms with van der Waals surface area (Å²) in [6.45, 7) is 0. The third kappa shape index (κ3) is 3.14. The first kappa shape index (κ1) is 18.0. The third-order valence-corrected chi connectivity index (χ3v) is 4.75. The summed E-state index contributed by atoms with van der Waals surface area (Å²) >= 11 is 1.17. The topological polar surface area (TPSA) is 90.0 Å². The molecule has 0 unspecified atom stereocenters. The van der Waals surface area contributed by atoms with Crippen molar-refractivity contribution in [2.75, 3.05) is 20.5 Å². The number of fused-ring (bicyclic) bond motifs is 1. The molecule has 1 aliphatic rings. The molecule has 0 N–H and O–H groups in total. The van der Waals surface area contributed by atoms with Gasteiger partial charge in [-0.2, -0.15) is 11.8 Å². The Labute approximate surface area is 143 Å². The van der Waals surface area contributed by atoms with Gasteiger partial charge in [0.15, 0.2) is 0 Å². The van der Waals surface area contributed by atoms with Crippen molar-refractivity contribution in [3.8, 4) is 0 Å². The van der Waals surface area contributed by atoms with Crippen molar-refractivity contribution < 1.29 is 28.7 Å². The van der Waals surface area contributed by atoms with Gasteiger partial charge < -0.3 is 9.47 Å². The molecule has 128 valence electrons. The lowest BCUT2D eigenvalue weighted by atomic mass is 10.1. The van der Waals surface area contributed by atoms with Gasteiger partial charge in [-0.05, 0) is 18.4 Å². The second-order valence-electron chi connectivity index (χ2n) is 5.05. The molecule has 2 amide bonds. The molecule has 7 nitrogen and oxygen atoms in total. The van der Waals surface area contributed by atoms with E-state index in [0.29, 0.717) is 0 Å². The zero-order valence-corrected chi connectivity index (χ0v) is 14.3. The summed E-state index contributed by atoms with van der Waals surface area (Å²) in [6.07, 6.45) is 1.60. The molecule has 1 aliphatic heterocycles. The van der Waals surface area contributed by atoms with Crippen LogP contribution in [0.25, 0.3) is 0 Å². The van der Waals surface area contributed by atoms with Crippen molar-refractivity contribution >= 4 is 35.5 Å². The van der Waals surface area contributed by atoms with Crippen LogP contribution in [0.5, 0.6) is 0 Å². The van der Waals surface area contributed by atoms with Gasteiger partial charge in [-0.1, -0.05) is 12.1 Å². The van der Waals surface area contributed by atoms with Gasteiger partial charge in [-0.15, -0.1) is 0 Å². The van der Waals surface area contributed by atoms with Crippen LogP contribution in [0.1, 0.15) is 27.1 Å². The number of nitrogens with zero attached hydrogens (tertiary/aromatic N) is 1. The molecule has 2 atom stereocenters. The minimum absolute atomic E-state index is 0.0774. The molecule has 1 aromatic carbocycles. The SMILES string of the molecule is COC(=O)[C@@H](C[C@@H](C(=O)OC)N1C(=O)c2ccccc2C1=O)SC. The van der Waals surface area contributed by atoms with Crippen molar-refractivity contribution in [3.63, 3.8) is 0 Å². The van der Waals surface area contributed by atoms with E-state index < -0.39 is 35.0 Å². The molecule has 0 spiro atoms. The number of benzene rings is 1. The summed E-state index contributed by atoms with van der Waals surface area (Å²) in [5, 5.41) is -0.705. The minimum Gasteiger partial charge on any atom is -0.468 e. The average molecular weight is 351 g/mol. The molecule has 0 saturated heterocycles. The Balaban J connectivity index is 2.36. The van der Waals surface area contributed by atoms with Crippen molar-refractivity contribution in [2.45, 2.75) is 17.7 Å². The molecule has 0 radical (unpaired) electrons. The highest BCUT2D eigenvalue weighted by molar-refractivity contribution is 7.99. The van der Waals surface area contributed by atoms with Crippen molar-refractivity contribution in [1.29, 1.82) is 0 Å². The van der Waals surface area contributed by atoms with E-state index in [1.54, 1.807) is 18.4 Å². The lowest BCUT2D eigenvalue weighted by molar-refractivity contribution is -0.146. The van der Waals surface area contributed by atoms with Gasteiger partial charge in [-0.25, -0.2) is 4.79 Å². The van der Waals surface area contributed by atoms with E-state index in [2.05, 4.69) is 0 Å². The Morgan fingerprint density at radius 2 is 1.54 bits per heavy atom. The van der Waals surface area contributed by atoms with Crippen LogP contribution in [0, 0.1) is 0 Å². The number of carbonyl (C=O) groups excluding carboxylic acids is 4. The van der Waals surface area contributed by atoms with Gasteiger partial charge in [0.1, 0.15) is 11.3 Å². The Morgan fingerprint density at radius 3 is 1.96 bits per heavy atom. The normalized spacial score (nSPS) is 15.7. The zero-order chi connectivity index (χ0) is 17.9. The average Bonchev–Trinajstić information content (AvgIpc) is 2.86. The monoisotopic (exact) mass is 351 g/mol. The number of esters is 2. The quantitative estimate of drug-likeness (QED) is 0.560. The summed E-state index contributed by atoms with van der Waals surface area (Å²) in [4.78, 5) is 49.9. The fraction of sp³-hybridized carbons (Fsp3) is 0.375. The summed E-state index contributed by atoms with van der Waals surface area (Å²) in [6, 6.07) is 5.13. The molecular weight excluding hydrogens is 334 g/mol. The van der Waals surface area contributed by atoms with Crippen LogP contribution in [0.2, 0.25) is 0 Å². The summed E-state index contributed by atoms with van der Waals surface area (Å²) in [5.41, 5.74) is 0.463. The number of methoxy groups -OCH3 is 2. The van der Waals surface area contributed by atoms with Crippen molar-refractivity contribution in [3.05, 3.63) is 35.4 Å². The van der Waals surface area contributed by atoms with Crippen LogP contribution in [-0.4, -0.2) is 60.4 Å². The summed E-state index contributed by atoms with van der Waals surface area (Å²) in [5.74, 6) is -2.44. The fourth-order valence-corrected chi connectivity index (χ4v) is 3.22. The molecule has 0 aliphatic carbocycles. The maximum atomic E-state index is 12.6. The van der Waals surface area contributed by atoms with Crippen LogP contribution in [-0.2, 0) is 19.1 Å². The molecule has 0 bridgehead atoms. The first-order valence-corrected chi connectivity index (χ1v) is 8.40. The number of ether oxygens (including phenoxy) is 2. The number of rotatable bonds is 6. The highest BCUT2D eigenvalue weighted by Crippen LogP contribution is 2.28. The van der Waals surface area contributed by atoms with Gasteiger partial charge in [0, 0.05) is 6.42 Å². The second-order valence-corrected chi connectivity index (χ2v) is 6.09. The van der Waals surface area contributed by atoms with E-state index in [1.807, 2.05) is 0 Å². The fourth-order valence-electron chi connectivity index (χ4n) is 2.56. The van der Waals surface area contributed by atoms with E-state index >= 15 is 0 Å². The van der Waals surface area contributed by atoms with Crippen LogP contribution < -0.4 is 0 Å². The van der Waals surface area contributed by atoms with E-state index in [0.717, 1.165) is 4.90 Å². The molecule has 0 saturated carbocycles. The molecule has 1 heterocycles. The highest BCUT2D eigenvalue weighted by Gasteiger charge is 2.44. The number of carbonyl (C=O) groups is 4. The molecule has 8 heteroatoms. The third-order valence-electron chi connectivity index (χ3n) is 3.80. The Morgan fingerprint density at radius 1 is 1.04 bits per heavy atom. The standard InChI is InChI=1S/C16H17NO6S/c1-22-15(20)11(8-12(24-3)16(21)23-2)17-13(18)9-6-4-5-7-10(9)14(17)19/h4-7,11-12H,8H2,1-3H3/t11-,12+/m0/s1. The number of imide groups is 1. The van der Waals surface area contributed by atoms with Crippen molar-refractivity contribution in [1.82, 2.24) is 4.90 Å². The predicted molar refractivity (Wildman–Crippen MR) is 86.7 cm³/mol. The smallest absolute Gasteiger partial charge is 0.329 e. The van der Waals surface area contributed by atoms with Gasteiger partial charge >= 0.3 is 11.9 Å². The largest absolute Gasteiger partial charge is 0.468 e. The maximum absolute atomic E-state index is 12.6. The number of hydrogen-bond donors (Lipinski definition) is 0. The van der Waals surface area contributed by atoms with Crippen LogP contribution in [0.3, 0.4) is 0 Å². The first-order chi connectivity index (χ1) is 11.5. The van der Waals surface area contributed by atoms with E-state index in [9.17, 15) is 19.2 Å². The number of amides is 2. The minimum atomic E-state index is -1.20. The molecule has 24 heavy (non-hydrogen) atoms. The Kier molecular flexibility index (Phi) is 5.61. The molecule has 0 fully saturated rings. The molecule has 0 aromatic heterocycles. The predicted octanol–water partition coefficient (Wildman–Crippen LogP) is 1.12. The lowest BCUT2D eigenvalue weighted by Crippen LogP contribution is -2.47. The van der Waals surface area contributed by atoms with E-state index in [-0.39, 0.29) is 17.5 Å². The summed E-state index contributed by atoms with van der Waals surface area (Å²) in [7, 11) is 2.40. The van der Waals surface area contributed by atoms with Gasteiger partial charge in [0.05, 0.1) is 25.3 Å². The number of hydrogen-bond acceptors (Lipinski definition) is 7. The number of thioether (sulfide) groups is 1. The maximum Gasteiger partial charge on any atom is 0.329 e. The van der Waals surface area contributed by atoms with Gasteiger partial charge in [-0.3, -0.25) is 19.3 Å². The van der Waals surface area contributed by atoms with E-state index in [1.165, 1.54) is 38.1 Å². The first-order valence-electron chi connectivity index (χ1n) is 7.11. The molecular formula is C16H17NO6S. The van der Waals surface area contributed by atoms with Crippen molar-refractivity contribution in [2.24, 2.45) is 0 Å². The van der Waals surface area contributed by atoms with Crippen LogP contribution in [0.15, 0.2) is 24.3 Å². The van der Waals surface area contributed by atoms with Gasteiger partial charge in [0.2, 0.25) is 0 Å². The Bertz CT molecular complexity index is 654. The zero-order valence-electron chi connectivity index (χ0n) is 13.5. The molecule has 1 aromatic rings. The highest BCUT2D eigenvalue weighted by atomic mass is 32.2. The molecule has 2 rings (SSSR count). The lowest BCUT2D eigenvalue weighted by Gasteiger charge is -2.26.